The van der Waals surface area contributed by atoms with Crippen molar-refractivity contribution >= 4 is 29.3 Å². The molecule has 0 aliphatic heterocycles. The molecular formula is C17H13ClN2O3S. The lowest BCUT2D eigenvalue weighted by Crippen LogP contribution is -2.07. The van der Waals surface area contributed by atoms with Gasteiger partial charge in [-0.05, 0) is 43.3 Å². The maximum atomic E-state index is 12.3. The first-order chi connectivity index (χ1) is 11.6. The van der Waals surface area contributed by atoms with Crippen LogP contribution in [0.1, 0.15) is 21.8 Å². The Morgan fingerprint density at radius 3 is 2.79 bits per heavy atom. The maximum absolute atomic E-state index is 12.3. The van der Waals surface area contributed by atoms with Crippen LogP contribution in [-0.2, 0) is 11.3 Å². The molecule has 5 nitrogen and oxygen atoms in total. The quantitative estimate of drug-likeness (QED) is 0.622. The highest BCUT2D eigenvalue weighted by Crippen LogP contribution is 2.29. The summed E-state index contributed by atoms with van der Waals surface area (Å²) in [7, 11) is 0. The van der Waals surface area contributed by atoms with Crippen molar-refractivity contribution in [3.63, 3.8) is 0 Å². The molecule has 3 rings (SSSR count). The monoisotopic (exact) mass is 360 g/mol. The standard InChI is InChI=1S/C17H13ClN2O3S/c1-11-9-13(20-23-11)10-22-17(21)15-3-2-8-19-16(15)24-14-6-4-12(18)5-7-14/h2-9H,10H2,1H3. The van der Waals surface area contributed by atoms with Gasteiger partial charge in [-0.3, -0.25) is 0 Å². The summed E-state index contributed by atoms with van der Waals surface area (Å²) in [5.74, 6) is 0.210. The summed E-state index contributed by atoms with van der Waals surface area (Å²) >= 11 is 7.26. The molecule has 24 heavy (non-hydrogen) atoms. The maximum Gasteiger partial charge on any atom is 0.341 e. The molecule has 2 aromatic heterocycles. The van der Waals surface area contributed by atoms with Crippen LogP contribution in [0.3, 0.4) is 0 Å². The number of hydrogen-bond donors (Lipinski definition) is 0. The highest BCUT2D eigenvalue weighted by Gasteiger charge is 2.15. The molecule has 0 aliphatic rings. The molecule has 0 saturated heterocycles. The number of aromatic nitrogens is 2. The minimum Gasteiger partial charge on any atom is -0.455 e. The fourth-order valence-electron chi connectivity index (χ4n) is 1.94. The molecule has 0 bridgehead atoms. The number of pyridine rings is 1. The number of carbonyl (C=O) groups is 1. The molecule has 0 atom stereocenters. The SMILES string of the molecule is Cc1cc(COC(=O)c2cccnc2Sc2ccc(Cl)cc2)no1. The van der Waals surface area contributed by atoms with Crippen molar-refractivity contribution < 1.29 is 14.1 Å². The molecule has 0 saturated carbocycles. The highest BCUT2D eigenvalue weighted by molar-refractivity contribution is 7.99. The number of carbonyl (C=O) groups excluding carboxylic acids is 1. The third-order valence-corrected chi connectivity index (χ3v) is 4.33. The van der Waals surface area contributed by atoms with E-state index in [1.165, 1.54) is 11.8 Å². The van der Waals surface area contributed by atoms with E-state index in [4.69, 9.17) is 20.9 Å². The summed E-state index contributed by atoms with van der Waals surface area (Å²) in [6.45, 7) is 1.83. The summed E-state index contributed by atoms with van der Waals surface area (Å²) in [6.07, 6.45) is 1.63. The second kappa shape index (κ2) is 7.51. The largest absolute Gasteiger partial charge is 0.455 e. The molecule has 7 heteroatoms. The zero-order valence-electron chi connectivity index (χ0n) is 12.7. The molecular weight excluding hydrogens is 348 g/mol. The minimum absolute atomic E-state index is 0.0517. The Bertz CT molecular complexity index is 849. The van der Waals surface area contributed by atoms with Crippen molar-refractivity contribution in [2.45, 2.75) is 23.5 Å². The van der Waals surface area contributed by atoms with Crippen LogP contribution in [0.25, 0.3) is 0 Å². The lowest BCUT2D eigenvalue weighted by molar-refractivity contribution is 0.0459. The van der Waals surface area contributed by atoms with E-state index >= 15 is 0 Å². The fraction of sp³-hybridized carbons (Fsp3) is 0.118. The van der Waals surface area contributed by atoms with Crippen molar-refractivity contribution in [3.05, 3.63) is 70.7 Å². The number of esters is 1. The zero-order chi connectivity index (χ0) is 16.9. The Balaban J connectivity index is 1.73. The molecule has 0 unspecified atom stereocenters. The predicted molar refractivity (Wildman–Crippen MR) is 90.2 cm³/mol. The molecule has 3 aromatic rings. The van der Waals surface area contributed by atoms with Gasteiger partial charge in [0.05, 0.1) is 5.56 Å². The van der Waals surface area contributed by atoms with E-state index in [2.05, 4.69) is 10.1 Å². The average molecular weight is 361 g/mol. The molecule has 2 heterocycles. The van der Waals surface area contributed by atoms with E-state index in [0.717, 1.165) is 4.90 Å². The van der Waals surface area contributed by atoms with Gasteiger partial charge in [0.25, 0.3) is 0 Å². The topological polar surface area (TPSA) is 65.2 Å². The Morgan fingerprint density at radius 2 is 2.08 bits per heavy atom. The van der Waals surface area contributed by atoms with Crippen LogP contribution < -0.4 is 0 Å². The van der Waals surface area contributed by atoms with Crippen LogP contribution in [0, 0.1) is 6.92 Å². The van der Waals surface area contributed by atoms with Crippen LogP contribution in [0.15, 0.2) is 63.1 Å². The first-order valence-corrected chi connectivity index (χ1v) is 8.29. The van der Waals surface area contributed by atoms with Gasteiger partial charge in [-0.2, -0.15) is 0 Å². The Kier molecular flexibility index (Phi) is 5.17. The third kappa shape index (κ3) is 4.15. The van der Waals surface area contributed by atoms with Gasteiger partial charge in [0.2, 0.25) is 0 Å². The first kappa shape index (κ1) is 16.5. The van der Waals surface area contributed by atoms with E-state index in [9.17, 15) is 4.79 Å². The normalized spacial score (nSPS) is 10.6. The molecule has 0 fully saturated rings. The summed E-state index contributed by atoms with van der Waals surface area (Å²) in [5, 5.41) is 5.02. The van der Waals surface area contributed by atoms with Crippen molar-refractivity contribution in [2.75, 3.05) is 0 Å². The van der Waals surface area contributed by atoms with E-state index in [1.54, 1.807) is 43.5 Å². The van der Waals surface area contributed by atoms with Crippen LogP contribution in [0.4, 0.5) is 0 Å². The average Bonchev–Trinajstić information content (AvgIpc) is 3.01. The number of hydrogen-bond acceptors (Lipinski definition) is 6. The van der Waals surface area contributed by atoms with Crippen molar-refractivity contribution in [1.29, 1.82) is 0 Å². The molecule has 1 aromatic carbocycles. The summed E-state index contributed by atoms with van der Waals surface area (Å²) < 4.78 is 10.2. The second-order valence-corrected chi connectivity index (χ2v) is 6.42. The summed E-state index contributed by atoms with van der Waals surface area (Å²) in [6, 6.07) is 12.4. The smallest absolute Gasteiger partial charge is 0.341 e. The zero-order valence-corrected chi connectivity index (χ0v) is 14.3. The van der Waals surface area contributed by atoms with Gasteiger partial charge in [-0.1, -0.05) is 28.5 Å². The van der Waals surface area contributed by atoms with Gasteiger partial charge < -0.3 is 9.26 Å². The van der Waals surface area contributed by atoms with E-state index < -0.39 is 5.97 Å². The van der Waals surface area contributed by atoms with Gasteiger partial charge in [0.1, 0.15) is 23.1 Å². The predicted octanol–water partition coefficient (Wildman–Crippen LogP) is 4.54. The molecule has 122 valence electrons. The summed E-state index contributed by atoms with van der Waals surface area (Å²) in [4.78, 5) is 17.5. The molecule has 0 spiro atoms. The molecule has 0 N–H and O–H groups in total. The number of ether oxygens (including phenoxy) is 1. The number of aryl methyl sites for hydroxylation is 1. The van der Waals surface area contributed by atoms with Gasteiger partial charge in [0.15, 0.2) is 0 Å². The van der Waals surface area contributed by atoms with Gasteiger partial charge >= 0.3 is 5.97 Å². The van der Waals surface area contributed by atoms with E-state index in [0.29, 0.717) is 27.1 Å². The van der Waals surface area contributed by atoms with Gasteiger partial charge in [-0.15, -0.1) is 0 Å². The number of rotatable bonds is 5. The van der Waals surface area contributed by atoms with Crippen molar-refractivity contribution in [3.8, 4) is 0 Å². The van der Waals surface area contributed by atoms with Gasteiger partial charge in [0, 0.05) is 22.2 Å². The molecule has 0 aliphatic carbocycles. The Hall–Kier alpha value is -2.31. The fourth-order valence-corrected chi connectivity index (χ4v) is 2.94. The number of halogens is 1. The van der Waals surface area contributed by atoms with Gasteiger partial charge in [-0.25, -0.2) is 9.78 Å². The molecule has 0 radical (unpaired) electrons. The van der Waals surface area contributed by atoms with Crippen LogP contribution in [0.2, 0.25) is 5.02 Å². The van der Waals surface area contributed by atoms with Crippen LogP contribution >= 0.6 is 23.4 Å². The number of nitrogens with zero attached hydrogens (tertiary/aromatic N) is 2. The first-order valence-electron chi connectivity index (χ1n) is 7.09. The Morgan fingerprint density at radius 1 is 1.29 bits per heavy atom. The van der Waals surface area contributed by atoms with E-state index in [-0.39, 0.29) is 6.61 Å². The summed E-state index contributed by atoms with van der Waals surface area (Å²) in [5.41, 5.74) is 0.967. The Labute approximate surface area is 148 Å². The van der Waals surface area contributed by atoms with Crippen molar-refractivity contribution in [2.24, 2.45) is 0 Å². The second-order valence-electron chi connectivity index (χ2n) is 4.92. The van der Waals surface area contributed by atoms with Crippen LogP contribution in [0.5, 0.6) is 0 Å². The third-order valence-electron chi connectivity index (χ3n) is 3.05. The van der Waals surface area contributed by atoms with Crippen molar-refractivity contribution in [1.82, 2.24) is 10.1 Å². The number of benzene rings is 1. The van der Waals surface area contributed by atoms with Crippen LogP contribution in [-0.4, -0.2) is 16.1 Å². The lowest BCUT2D eigenvalue weighted by Gasteiger charge is -2.07. The molecule has 0 amide bonds. The lowest BCUT2D eigenvalue weighted by atomic mass is 10.3. The highest BCUT2D eigenvalue weighted by atomic mass is 35.5. The minimum atomic E-state index is -0.458. The van der Waals surface area contributed by atoms with E-state index in [1.807, 2.05) is 12.1 Å².